The van der Waals surface area contributed by atoms with Crippen LogP contribution < -0.4 is 4.74 Å². The van der Waals surface area contributed by atoms with Gasteiger partial charge >= 0.3 is 0 Å². The van der Waals surface area contributed by atoms with E-state index in [0.29, 0.717) is 6.42 Å². The van der Waals surface area contributed by atoms with E-state index in [2.05, 4.69) is 0 Å². The lowest BCUT2D eigenvalue weighted by atomic mass is 9.97. The molecule has 2 saturated heterocycles. The molecular formula is C26H28O9. The van der Waals surface area contributed by atoms with Crippen LogP contribution in [0, 0.1) is 0 Å². The van der Waals surface area contributed by atoms with Crippen LogP contribution in [-0.2, 0) is 20.6 Å². The monoisotopic (exact) mass is 484 g/mol. The van der Waals surface area contributed by atoms with Gasteiger partial charge in [0.15, 0.2) is 11.6 Å². The van der Waals surface area contributed by atoms with Crippen LogP contribution in [0.15, 0.2) is 53.1 Å². The number of aliphatic hydroxyl groups is 2. The molecule has 9 heteroatoms. The minimum Gasteiger partial charge on any atom is -0.507 e. The average Bonchev–Trinajstić information content (AvgIpc) is 3.29. The van der Waals surface area contributed by atoms with Crippen molar-refractivity contribution in [3.63, 3.8) is 0 Å². The molecule has 9 nitrogen and oxygen atoms in total. The highest BCUT2D eigenvalue weighted by Crippen LogP contribution is 2.36. The van der Waals surface area contributed by atoms with Gasteiger partial charge in [-0.25, -0.2) is 0 Å². The van der Waals surface area contributed by atoms with Crippen molar-refractivity contribution in [1.82, 2.24) is 0 Å². The van der Waals surface area contributed by atoms with Gasteiger partial charge in [-0.2, -0.15) is 0 Å². The number of rotatable bonds is 6. The van der Waals surface area contributed by atoms with E-state index in [1.165, 1.54) is 18.2 Å². The minimum atomic E-state index is -1.45. The highest BCUT2D eigenvalue weighted by Gasteiger charge is 2.51. The molecule has 1 aromatic heterocycles. The highest BCUT2D eigenvalue weighted by molar-refractivity contribution is 6.01. The van der Waals surface area contributed by atoms with Gasteiger partial charge in [-0.05, 0) is 56.2 Å². The van der Waals surface area contributed by atoms with Gasteiger partial charge in [0.1, 0.15) is 47.1 Å². The molecule has 3 heterocycles. The minimum absolute atomic E-state index is 0.0124. The predicted octanol–water partition coefficient (Wildman–Crippen LogP) is 2.93. The van der Waals surface area contributed by atoms with Crippen molar-refractivity contribution in [1.29, 1.82) is 0 Å². The summed E-state index contributed by atoms with van der Waals surface area (Å²) in [4.78, 5) is 13.1. The summed E-state index contributed by atoms with van der Waals surface area (Å²) in [5, 5.41) is 32.7. The molecule has 5 rings (SSSR count). The third kappa shape index (κ3) is 4.78. The van der Waals surface area contributed by atoms with E-state index in [9.17, 15) is 20.1 Å². The number of phenolic OH excluding ortho intramolecular Hbond substituents is 1. The highest BCUT2D eigenvalue weighted by atomic mass is 16.8. The summed E-state index contributed by atoms with van der Waals surface area (Å²) in [6, 6.07) is 12.0. The summed E-state index contributed by atoms with van der Waals surface area (Å²) in [5.74, 6) is -1.45. The molecule has 186 valence electrons. The number of phenols is 1. The van der Waals surface area contributed by atoms with Crippen molar-refractivity contribution in [3.05, 3.63) is 59.9 Å². The van der Waals surface area contributed by atoms with E-state index in [0.717, 1.165) is 16.5 Å². The molecule has 0 bridgehead atoms. The van der Waals surface area contributed by atoms with Crippen LogP contribution in [0.25, 0.3) is 11.0 Å². The molecule has 0 radical (unpaired) electrons. The zero-order valence-electron chi connectivity index (χ0n) is 19.4. The molecule has 0 amide bonds. The molecule has 0 saturated carbocycles. The Bertz CT molecular complexity index is 1210. The fourth-order valence-corrected chi connectivity index (χ4v) is 4.50. The number of hydrogen-bond donors (Lipinski definition) is 3. The number of aromatic hydroxyl groups is 1. The number of benzene rings is 2. The smallest absolute Gasteiger partial charge is 0.229 e. The van der Waals surface area contributed by atoms with Crippen LogP contribution in [0.1, 0.15) is 36.2 Å². The van der Waals surface area contributed by atoms with Crippen molar-refractivity contribution in [3.8, 4) is 11.5 Å². The normalized spacial score (nSPS) is 27.9. The molecule has 0 aliphatic carbocycles. The Kier molecular flexibility index (Phi) is 6.29. The number of hydrogen-bond acceptors (Lipinski definition) is 9. The van der Waals surface area contributed by atoms with Gasteiger partial charge < -0.3 is 38.7 Å². The van der Waals surface area contributed by atoms with Gasteiger partial charge in [-0.15, -0.1) is 0 Å². The number of furan rings is 1. The third-order valence-electron chi connectivity index (χ3n) is 6.34. The zero-order valence-corrected chi connectivity index (χ0v) is 19.4. The average molecular weight is 485 g/mol. The van der Waals surface area contributed by atoms with Gasteiger partial charge in [0, 0.05) is 11.8 Å². The summed E-state index contributed by atoms with van der Waals surface area (Å²) in [7, 11) is 0. The molecule has 5 atom stereocenters. The third-order valence-corrected chi connectivity index (χ3v) is 6.34. The number of ketones is 1. The zero-order chi connectivity index (χ0) is 24.7. The Morgan fingerprint density at radius 1 is 1.14 bits per heavy atom. The predicted molar refractivity (Wildman–Crippen MR) is 123 cm³/mol. The van der Waals surface area contributed by atoms with Crippen molar-refractivity contribution >= 4 is 16.8 Å². The summed E-state index contributed by atoms with van der Waals surface area (Å²) in [5.41, 5.74) is 1.71. The Labute approximate surface area is 201 Å². The Morgan fingerprint density at radius 3 is 2.80 bits per heavy atom. The van der Waals surface area contributed by atoms with Gasteiger partial charge in [0.2, 0.25) is 6.29 Å². The summed E-state index contributed by atoms with van der Waals surface area (Å²) in [6.07, 6.45) is -3.34. The molecule has 2 fully saturated rings. The number of aliphatic hydroxyl groups excluding tert-OH is 2. The Hall–Kier alpha value is -2.95. The lowest BCUT2D eigenvalue weighted by Gasteiger charge is -2.48. The first-order chi connectivity index (χ1) is 16.7. The maximum Gasteiger partial charge on any atom is 0.229 e. The second-order valence-corrected chi connectivity index (χ2v) is 9.30. The molecule has 2 aromatic carbocycles. The summed E-state index contributed by atoms with van der Waals surface area (Å²) < 4.78 is 28.3. The van der Waals surface area contributed by atoms with Crippen molar-refractivity contribution in [2.24, 2.45) is 0 Å². The van der Waals surface area contributed by atoms with Crippen LogP contribution in [0.3, 0.4) is 0 Å². The number of ether oxygens (including phenoxy) is 4. The molecule has 3 N–H and O–H groups in total. The first kappa shape index (κ1) is 23.8. The lowest BCUT2D eigenvalue weighted by Crippen LogP contribution is -2.65. The second-order valence-electron chi connectivity index (χ2n) is 9.30. The van der Waals surface area contributed by atoms with E-state index in [-0.39, 0.29) is 35.9 Å². The van der Waals surface area contributed by atoms with Crippen molar-refractivity contribution in [2.75, 3.05) is 6.61 Å². The Morgan fingerprint density at radius 2 is 1.97 bits per heavy atom. The number of aryl methyl sites for hydroxylation is 1. The van der Waals surface area contributed by atoms with E-state index in [1.807, 2.05) is 24.3 Å². The van der Waals surface area contributed by atoms with Crippen LogP contribution in [0.2, 0.25) is 0 Å². The number of carbonyl (C=O) groups is 1. The first-order valence-corrected chi connectivity index (χ1v) is 11.5. The molecule has 0 spiro atoms. The fraction of sp³-hybridized carbons (Fsp3) is 0.423. The van der Waals surface area contributed by atoms with Gasteiger partial charge in [-0.3, -0.25) is 4.79 Å². The largest absolute Gasteiger partial charge is 0.507 e. The first-order valence-electron chi connectivity index (χ1n) is 11.5. The number of Topliss-reactive ketones (excluding diaryl/α,β-unsaturated/α-hetero) is 1. The summed E-state index contributed by atoms with van der Waals surface area (Å²) >= 11 is 0. The SMILES string of the molecule is CC1(C)OC[C@H]2O[C@@H](Oc3cccc(O)c3C(=O)CCc3ccc4occc4c3)[C@H](O)[C@@H](O)[C@@H]2O1. The maximum absolute atomic E-state index is 13.1. The molecule has 35 heavy (non-hydrogen) atoms. The van der Waals surface area contributed by atoms with Gasteiger partial charge in [0.25, 0.3) is 0 Å². The molecule has 2 aliphatic heterocycles. The van der Waals surface area contributed by atoms with Crippen LogP contribution in [-0.4, -0.2) is 64.2 Å². The van der Waals surface area contributed by atoms with Crippen molar-refractivity contribution in [2.45, 2.75) is 63.2 Å². The molecule has 3 aromatic rings. The quantitative estimate of drug-likeness (QED) is 0.453. The maximum atomic E-state index is 13.1. The fourth-order valence-electron chi connectivity index (χ4n) is 4.50. The van der Waals surface area contributed by atoms with E-state index in [1.54, 1.807) is 20.1 Å². The summed E-state index contributed by atoms with van der Waals surface area (Å²) in [6.45, 7) is 3.56. The van der Waals surface area contributed by atoms with E-state index >= 15 is 0 Å². The van der Waals surface area contributed by atoms with Gasteiger partial charge in [-0.1, -0.05) is 12.1 Å². The van der Waals surface area contributed by atoms with Crippen LogP contribution in [0.5, 0.6) is 11.5 Å². The van der Waals surface area contributed by atoms with Crippen LogP contribution in [0.4, 0.5) is 0 Å². The second kappa shape index (κ2) is 9.25. The Balaban J connectivity index is 1.31. The number of carbonyl (C=O) groups excluding carboxylic acids is 1. The topological polar surface area (TPSA) is 128 Å². The van der Waals surface area contributed by atoms with Crippen molar-refractivity contribution < 1.29 is 43.5 Å². The van der Waals surface area contributed by atoms with E-state index in [4.69, 9.17) is 23.4 Å². The molecular weight excluding hydrogens is 456 g/mol. The molecule has 2 aliphatic rings. The number of fused-ring (bicyclic) bond motifs is 2. The molecule has 0 unspecified atom stereocenters. The van der Waals surface area contributed by atoms with E-state index < -0.39 is 36.5 Å². The standard InChI is InChI=1S/C26H28O9/c1-26(2)32-13-20-24(35-26)22(29)23(30)25(34-20)33-19-5-3-4-16(27)21(19)17(28)8-6-14-7-9-18-15(12-14)10-11-31-18/h3-5,7,9-12,20,22-25,27,29-30H,6,8,13H2,1-2H3/t20-,22-,23-,24-,25-/m1/s1. The van der Waals surface area contributed by atoms with Crippen LogP contribution >= 0.6 is 0 Å². The van der Waals surface area contributed by atoms with Gasteiger partial charge in [0.05, 0.1) is 12.9 Å². The lowest BCUT2D eigenvalue weighted by molar-refractivity contribution is -0.373.